The third-order valence-electron chi connectivity index (χ3n) is 4.71. The first kappa shape index (κ1) is 21.5. The predicted octanol–water partition coefficient (Wildman–Crippen LogP) is 3.04. The summed E-state index contributed by atoms with van der Waals surface area (Å²) >= 11 is 0. The van der Waals surface area contributed by atoms with Crippen LogP contribution in [0.3, 0.4) is 0 Å². The van der Waals surface area contributed by atoms with Crippen LogP contribution in [0.15, 0.2) is 59.7 Å². The van der Waals surface area contributed by atoms with Crippen LogP contribution in [-0.2, 0) is 32.2 Å². The number of benzene rings is 2. The topological polar surface area (TPSA) is 80.2 Å². The quantitative estimate of drug-likeness (QED) is 0.644. The molecule has 30 heavy (non-hydrogen) atoms. The Morgan fingerprint density at radius 1 is 1.03 bits per heavy atom. The minimum Gasteiger partial charge on any atom is -0.461 e. The van der Waals surface area contributed by atoms with E-state index in [4.69, 9.17) is 9.47 Å². The lowest BCUT2D eigenvalue weighted by atomic mass is 10.1. The maximum Gasteiger partial charge on any atom is 0.354 e. The average Bonchev–Trinajstić information content (AvgIpc) is 3.23. The van der Waals surface area contributed by atoms with Crippen molar-refractivity contribution in [1.82, 2.24) is 5.32 Å². The largest absolute Gasteiger partial charge is 0.461 e. The summed E-state index contributed by atoms with van der Waals surface area (Å²) in [6.07, 6.45) is 0.201. The van der Waals surface area contributed by atoms with Crippen molar-refractivity contribution in [3.63, 3.8) is 0 Å². The van der Waals surface area contributed by atoms with Crippen LogP contribution in [0.2, 0.25) is 0 Å². The zero-order chi connectivity index (χ0) is 21.3. The first-order valence-corrected chi connectivity index (χ1v) is 10.1. The first-order chi connectivity index (χ1) is 14.6. The number of hydrazone groups is 1. The van der Waals surface area contributed by atoms with E-state index in [0.29, 0.717) is 19.8 Å². The molecule has 1 unspecified atom stereocenters. The molecule has 0 aromatic heterocycles. The van der Waals surface area contributed by atoms with Crippen LogP contribution in [0.25, 0.3) is 0 Å². The van der Waals surface area contributed by atoms with E-state index in [1.165, 1.54) is 0 Å². The summed E-state index contributed by atoms with van der Waals surface area (Å²) in [4.78, 5) is 25.1. The lowest BCUT2D eigenvalue weighted by Crippen LogP contribution is -2.42. The molecule has 0 radical (unpaired) electrons. The van der Waals surface area contributed by atoms with Crippen molar-refractivity contribution in [2.45, 2.75) is 39.5 Å². The highest BCUT2D eigenvalue weighted by Gasteiger charge is 2.36. The van der Waals surface area contributed by atoms with Gasteiger partial charge in [0.15, 0.2) is 0 Å². The second-order valence-corrected chi connectivity index (χ2v) is 6.84. The fraction of sp³-hybridized carbons (Fsp3) is 0.348. The van der Waals surface area contributed by atoms with Crippen molar-refractivity contribution in [3.8, 4) is 0 Å². The molecule has 0 fully saturated rings. The Balaban J connectivity index is 1.66. The van der Waals surface area contributed by atoms with E-state index in [1.807, 2.05) is 61.5 Å². The third-order valence-corrected chi connectivity index (χ3v) is 4.71. The number of hydrogen-bond donors (Lipinski definition) is 1. The summed E-state index contributed by atoms with van der Waals surface area (Å²) in [5.41, 5.74) is 3.07. The third kappa shape index (κ3) is 5.45. The molecule has 1 atom stereocenters. The fourth-order valence-electron chi connectivity index (χ4n) is 3.15. The molecule has 0 bridgehead atoms. The van der Waals surface area contributed by atoms with Crippen LogP contribution in [0.5, 0.6) is 0 Å². The minimum atomic E-state index is -0.607. The lowest BCUT2D eigenvalue weighted by Gasteiger charge is -2.22. The number of nitrogens with one attached hydrogen (secondary N) is 1. The summed E-state index contributed by atoms with van der Waals surface area (Å²) in [7, 11) is 0. The van der Waals surface area contributed by atoms with Gasteiger partial charge in [0.05, 0.1) is 18.9 Å². The predicted molar refractivity (Wildman–Crippen MR) is 115 cm³/mol. The van der Waals surface area contributed by atoms with Crippen molar-refractivity contribution in [1.29, 1.82) is 0 Å². The van der Waals surface area contributed by atoms with Gasteiger partial charge >= 0.3 is 5.97 Å². The van der Waals surface area contributed by atoms with Crippen LogP contribution in [0.1, 0.15) is 31.4 Å². The Labute approximate surface area is 176 Å². The van der Waals surface area contributed by atoms with Crippen LogP contribution in [0.4, 0.5) is 5.69 Å². The van der Waals surface area contributed by atoms with Gasteiger partial charge in [0.2, 0.25) is 5.91 Å². The molecule has 7 nitrogen and oxygen atoms in total. The van der Waals surface area contributed by atoms with Gasteiger partial charge in [-0.25, -0.2) is 4.79 Å². The molecule has 1 aliphatic heterocycles. The summed E-state index contributed by atoms with van der Waals surface area (Å²) in [6, 6.07) is 16.7. The van der Waals surface area contributed by atoms with E-state index >= 15 is 0 Å². The Morgan fingerprint density at radius 2 is 1.73 bits per heavy atom. The van der Waals surface area contributed by atoms with Crippen molar-refractivity contribution >= 4 is 23.3 Å². The number of hydrogen-bond acceptors (Lipinski definition) is 6. The molecule has 7 heteroatoms. The van der Waals surface area contributed by atoms with Crippen molar-refractivity contribution in [2.75, 3.05) is 18.2 Å². The van der Waals surface area contributed by atoms with E-state index in [-0.39, 0.29) is 24.6 Å². The highest BCUT2D eigenvalue weighted by Crippen LogP contribution is 2.25. The highest BCUT2D eigenvalue weighted by molar-refractivity contribution is 6.38. The maximum atomic E-state index is 12.9. The fourth-order valence-corrected chi connectivity index (χ4v) is 3.15. The molecule has 1 heterocycles. The van der Waals surface area contributed by atoms with E-state index < -0.39 is 12.0 Å². The van der Waals surface area contributed by atoms with Gasteiger partial charge in [0.1, 0.15) is 11.8 Å². The second-order valence-electron chi connectivity index (χ2n) is 6.84. The van der Waals surface area contributed by atoms with Gasteiger partial charge in [0.25, 0.3) is 0 Å². The first-order valence-electron chi connectivity index (χ1n) is 10.1. The highest BCUT2D eigenvalue weighted by atomic mass is 16.5. The number of carbonyl (C=O) groups excluding carboxylic acids is 2. The average molecular weight is 409 g/mol. The van der Waals surface area contributed by atoms with Crippen LogP contribution < -0.4 is 10.3 Å². The molecule has 1 N–H and O–H groups in total. The van der Waals surface area contributed by atoms with Gasteiger partial charge in [-0.05, 0) is 37.1 Å². The van der Waals surface area contributed by atoms with Gasteiger partial charge in [-0.1, -0.05) is 42.5 Å². The van der Waals surface area contributed by atoms with E-state index in [9.17, 15) is 9.59 Å². The number of esters is 1. The van der Waals surface area contributed by atoms with Crippen molar-refractivity contribution < 1.29 is 19.1 Å². The molecule has 0 aliphatic carbocycles. The molecule has 2 aromatic rings. The van der Waals surface area contributed by atoms with Gasteiger partial charge in [-0.2, -0.15) is 5.10 Å². The van der Waals surface area contributed by atoms with Crippen LogP contribution in [-0.4, -0.2) is 36.8 Å². The van der Waals surface area contributed by atoms with Crippen LogP contribution >= 0.6 is 0 Å². The summed E-state index contributed by atoms with van der Waals surface area (Å²) in [5, 5.41) is 8.92. The number of para-hydroxylation sites is 1. The maximum absolute atomic E-state index is 12.9. The molecule has 1 aliphatic rings. The summed E-state index contributed by atoms with van der Waals surface area (Å²) < 4.78 is 10.5. The van der Waals surface area contributed by atoms with Crippen molar-refractivity contribution in [3.05, 3.63) is 65.7 Å². The monoisotopic (exact) mass is 409 g/mol. The molecule has 158 valence electrons. The number of nitrogens with zero attached hydrogens (tertiary/aromatic N) is 2. The number of rotatable bonds is 9. The van der Waals surface area contributed by atoms with Gasteiger partial charge in [-0.15, -0.1) is 0 Å². The van der Waals surface area contributed by atoms with Gasteiger partial charge in [-0.3, -0.25) is 9.80 Å². The molecule has 1 amide bonds. The minimum absolute atomic E-state index is 0.194. The Kier molecular flexibility index (Phi) is 7.57. The number of anilines is 1. The van der Waals surface area contributed by atoms with Crippen molar-refractivity contribution in [2.24, 2.45) is 5.10 Å². The molecular formula is C23H27N3O4. The molecule has 0 saturated heterocycles. The smallest absolute Gasteiger partial charge is 0.354 e. The number of ether oxygens (including phenoxy) is 2. The van der Waals surface area contributed by atoms with Gasteiger partial charge < -0.3 is 14.8 Å². The number of amides is 1. The molecular weight excluding hydrogens is 382 g/mol. The molecule has 0 saturated carbocycles. The lowest BCUT2D eigenvalue weighted by molar-refractivity contribution is -0.135. The Morgan fingerprint density at radius 3 is 2.40 bits per heavy atom. The second kappa shape index (κ2) is 10.5. The summed E-state index contributed by atoms with van der Waals surface area (Å²) in [5.74, 6) is -0.682. The van der Waals surface area contributed by atoms with E-state index in [0.717, 1.165) is 16.8 Å². The molecule has 2 aromatic carbocycles. The standard InChI is InChI=1S/C23H27N3O4/c1-3-29-16-18-12-10-17(11-13-18)15-24-22(27)21-14-20(23(28)30-4-2)25-26(21)19-8-6-5-7-9-19/h5-13,21H,3-4,14-16H2,1-2H3,(H,24,27). The normalized spacial score (nSPS) is 15.6. The Hall–Kier alpha value is -3.19. The van der Waals surface area contributed by atoms with E-state index in [2.05, 4.69) is 10.4 Å². The summed E-state index contributed by atoms with van der Waals surface area (Å²) in [6.45, 7) is 5.61. The van der Waals surface area contributed by atoms with Crippen LogP contribution in [0, 0.1) is 0 Å². The molecule has 0 spiro atoms. The SMILES string of the molecule is CCOCc1ccc(CNC(=O)C2CC(C(=O)OCC)=NN2c2ccccc2)cc1. The number of carbonyl (C=O) groups is 2. The van der Waals surface area contributed by atoms with E-state index in [1.54, 1.807) is 11.9 Å². The molecule has 3 rings (SSSR count). The Bertz CT molecular complexity index is 881. The zero-order valence-corrected chi connectivity index (χ0v) is 17.3. The van der Waals surface area contributed by atoms with Gasteiger partial charge in [0, 0.05) is 19.6 Å². The zero-order valence-electron chi connectivity index (χ0n) is 17.3.